The maximum absolute atomic E-state index is 12.2. The predicted molar refractivity (Wildman–Crippen MR) is 89.5 cm³/mol. The number of hydrogen-bond donors (Lipinski definition) is 1. The average molecular weight is 337 g/mol. The largest absolute Gasteiger partial charge is 0.360 e. The van der Waals surface area contributed by atoms with Crippen molar-refractivity contribution in [1.29, 1.82) is 0 Å². The number of hydrogen-bond acceptors (Lipinski definition) is 5. The molecule has 1 atom stereocenters. The summed E-state index contributed by atoms with van der Waals surface area (Å²) in [7, 11) is 0.440. The Kier molecular flexibility index (Phi) is 5.92. The van der Waals surface area contributed by atoms with E-state index < -0.39 is 10.0 Å². The van der Waals surface area contributed by atoms with Crippen LogP contribution in [0.2, 0.25) is 0 Å². The lowest BCUT2D eigenvalue weighted by Gasteiger charge is -2.24. The molecule has 0 aliphatic heterocycles. The fourth-order valence-corrected chi connectivity index (χ4v) is 3.33. The van der Waals surface area contributed by atoms with Crippen molar-refractivity contribution < 1.29 is 12.9 Å². The molecule has 0 aliphatic rings. The topological polar surface area (TPSA) is 75.4 Å². The Morgan fingerprint density at radius 3 is 2.52 bits per heavy atom. The van der Waals surface area contributed by atoms with E-state index in [9.17, 15) is 8.42 Å². The van der Waals surface area contributed by atoms with Crippen molar-refractivity contribution in [1.82, 2.24) is 14.8 Å². The Morgan fingerprint density at radius 2 is 1.96 bits per heavy atom. The van der Waals surface area contributed by atoms with Crippen LogP contribution in [0.25, 0.3) is 0 Å². The summed E-state index contributed by atoms with van der Waals surface area (Å²) in [6.45, 7) is 2.10. The molecule has 7 heteroatoms. The molecule has 2 rings (SSSR count). The molecule has 1 unspecified atom stereocenters. The van der Waals surface area contributed by atoms with Gasteiger partial charge in [0.05, 0.1) is 5.69 Å². The van der Waals surface area contributed by atoms with Gasteiger partial charge in [0, 0.05) is 18.7 Å². The number of rotatable bonds is 8. The fraction of sp³-hybridized carbons (Fsp3) is 0.438. The zero-order chi connectivity index (χ0) is 16.9. The summed E-state index contributed by atoms with van der Waals surface area (Å²) in [5, 5.41) is 3.70. The summed E-state index contributed by atoms with van der Waals surface area (Å²) in [5.41, 5.74) is 1.85. The molecule has 126 valence electrons. The van der Waals surface area contributed by atoms with Crippen LogP contribution in [-0.2, 0) is 22.2 Å². The summed E-state index contributed by atoms with van der Waals surface area (Å²) < 4.78 is 32.0. The number of nitrogens with one attached hydrogen (secondary N) is 1. The monoisotopic (exact) mass is 337 g/mol. The first-order valence-corrected chi connectivity index (χ1v) is 9.11. The van der Waals surface area contributed by atoms with Crippen molar-refractivity contribution in [2.45, 2.75) is 25.1 Å². The molecule has 0 radical (unpaired) electrons. The van der Waals surface area contributed by atoms with Crippen LogP contribution in [0.4, 0.5) is 0 Å². The van der Waals surface area contributed by atoms with Gasteiger partial charge in [0.25, 0.3) is 0 Å². The summed E-state index contributed by atoms with van der Waals surface area (Å²) in [5.74, 6) is 0.152. The van der Waals surface area contributed by atoms with Gasteiger partial charge >= 0.3 is 0 Å². The number of likely N-dealkylation sites (N-methyl/N-ethyl adjacent to an activating group) is 1. The Balaban J connectivity index is 1.95. The number of sulfonamides is 1. The van der Waals surface area contributed by atoms with Crippen LogP contribution in [0.1, 0.15) is 17.0 Å². The van der Waals surface area contributed by atoms with Crippen LogP contribution in [0.3, 0.4) is 0 Å². The van der Waals surface area contributed by atoms with Gasteiger partial charge in [-0.3, -0.25) is 0 Å². The second-order valence-electron chi connectivity index (χ2n) is 5.85. The standard InChI is InChI=1S/C16H23N3O3S/c1-13-9-16(22-18-13)12-23(20,21)17-11-15(19(2)3)10-14-7-5-4-6-8-14/h4-9,15,17H,10-12H2,1-3H3. The number of aromatic nitrogens is 1. The second-order valence-corrected chi connectivity index (χ2v) is 7.66. The molecule has 0 bridgehead atoms. The van der Waals surface area contributed by atoms with Crippen LogP contribution < -0.4 is 4.72 Å². The van der Waals surface area contributed by atoms with E-state index >= 15 is 0 Å². The van der Waals surface area contributed by atoms with Crippen molar-refractivity contribution in [2.24, 2.45) is 0 Å². The van der Waals surface area contributed by atoms with Crippen LogP contribution in [0.15, 0.2) is 40.9 Å². The zero-order valence-corrected chi connectivity index (χ0v) is 14.5. The van der Waals surface area contributed by atoms with E-state index in [0.29, 0.717) is 18.0 Å². The first-order valence-electron chi connectivity index (χ1n) is 7.45. The Labute approximate surface area is 137 Å². The van der Waals surface area contributed by atoms with Crippen molar-refractivity contribution >= 4 is 10.0 Å². The average Bonchev–Trinajstić information content (AvgIpc) is 2.88. The molecule has 0 saturated carbocycles. The molecule has 0 amide bonds. The van der Waals surface area contributed by atoms with Gasteiger partial charge in [0.15, 0.2) is 5.76 Å². The molecular weight excluding hydrogens is 314 g/mol. The zero-order valence-electron chi connectivity index (χ0n) is 13.7. The van der Waals surface area contributed by atoms with Crippen LogP contribution in [-0.4, -0.2) is 45.2 Å². The molecule has 1 heterocycles. The quantitative estimate of drug-likeness (QED) is 0.791. The molecule has 1 aromatic carbocycles. The van der Waals surface area contributed by atoms with E-state index in [4.69, 9.17) is 4.52 Å². The highest BCUT2D eigenvalue weighted by atomic mass is 32.2. The lowest BCUT2D eigenvalue weighted by Crippen LogP contribution is -2.41. The Bertz CT molecular complexity index is 711. The Hall–Kier alpha value is -1.70. The third-order valence-corrected chi connectivity index (χ3v) is 4.86. The molecule has 6 nitrogen and oxygen atoms in total. The molecular formula is C16H23N3O3S. The van der Waals surface area contributed by atoms with Gasteiger partial charge < -0.3 is 9.42 Å². The fourth-order valence-electron chi connectivity index (χ4n) is 2.27. The molecule has 23 heavy (non-hydrogen) atoms. The highest BCUT2D eigenvalue weighted by Crippen LogP contribution is 2.09. The normalized spacial score (nSPS) is 13.4. The predicted octanol–water partition coefficient (Wildman–Crippen LogP) is 1.58. The summed E-state index contributed by atoms with van der Waals surface area (Å²) in [6, 6.07) is 11.7. The first kappa shape index (κ1) is 17.7. The van der Waals surface area contributed by atoms with Crippen LogP contribution in [0, 0.1) is 6.92 Å². The minimum atomic E-state index is -3.45. The highest BCUT2D eigenvalue weighted by Gasteiger charge is 2.19. The van der Waals surface area contributed by atoms with E-state index in [2.05, 4.69) is 9.88 Å². The van der Waals surface area contributed by atoms with Crippen molar-refractivity contribution in [3.05, 3.63) is 53.4 Å². The van der Waals surface area contributed by atoms with Crippen molar-refractivity contribution in [3.8, 4) is 0 Å². The minimum Gasteiger partial charge on any atom is -0.360 e. The van der Waals surface area contributed by atoms with E-state index in [0.717, 1.165) is 6.42 Å². The third-order valence-electron chi connectivity index (χ3n) is 3.59. The SMILES string of the molecule is Cc1cc(CS(=O)(=O)NCC(Cc2ccccc2)N(C)C)on1. The lowest BCUT2D eigenvalue weighted by atomic mass is 10.1. The van der Waals surface area contributed by atoms with Crippen molar-refractivity contribution in [2.75, 3.05) is 20.6 Å². The molecule has 0 aliphatic carbocycles. The van der Waals surface area contributed by atoms with E-state index in [-0.39, 0.29) is 11.8 Å². The first-order chi connectivity index (χ1) is 10.9. The maximum atomic E-state index is 12.2. The van der Waals surface area contributed by atoms with Gasteiger partial charge in [-0.25, -0.2) is 13.1 Å². The van der Waals surface area contributed by atoms with Gasteiger partial charge in [-0.2, -0.15) is 0 Å². The highest BCUT2D eigenvalue weighted by molar-refractivity contribution is 7.88. The number of benzene rings is 1. The Morgan fingerprint density at radius 1 is 1.26 bits per heavy atom. The summed E-state index contributed by atoms with van der Waals surface area (Å²) >= 11 is 0. The van der Waals surface area contributed by atoms with Gasteiger partial charge in [-0.15, -0.1) is 0 Å². The van der Waals surface area contributed by atoms with E-state index in [1.807, 2.05) is 49.3 Å². The molecule has 0 spiro atoms. The molecule has 0 saturated heterocycles. The smallest absolute Gasteiger partial charge is 0.219 e. The van der Waals surface area contributed by atoms with Gasteiger partial charge in [-0.05, 0) is 33.0 Å². The van der Waals surface area contributed by atoms with Crippen molar-refractivity contribution in [3.63, 3.8) is 0 Å². The summed E-state index contributed by atoms with van der Waals surface area (Å²) in [4.78, 5) is 2.02. The number of aryl methyl sites for hydroxylation is 1. The van der Waals surface area contributed by atoms with E-state index in [1.54, 1.807) is 13.0 Å². The summed E-state index contributed by atoms with van der Waals surface area (Å²) in [6.07, 6.45) is 0.776. The molecule has 2 aromatic rings. The molecule has 1 aromatic heterocycles. The third kappa shape index (κ3) is 5.78. The van der Waals surface area contributed by atoms with E-state index in [1.165, 1.54) is 5.56 Å². The van der Waals surface area contributed by atoms with Gasteiger partial charge in [0.2, 0.25) is 10.0 Å². The maximum Gasteiger partial charge on any atom is 0.219 e. The van der Waals surface area contributed by atoms with Crippen LogP contribution in [0.5, 0.6) is 0 Å². The van der Waals surface area contributed by atoms with Crippen LogP contribution >= 0.6 is 0 Å². The minimum absolute atomic E-state index is 0.0728. The lowest BCUT2D eigenvalue weighted by molar-refractivity contribution is 0.291. The van der Waals surface area contributed by atoms with Gasteiger partial charge in [-0.1, -0.05) is 35.5 Å². The van der Waals surface area contributed by atoms with Gasteiger partial charge in [0.1, 0.15) is 5.75 Å². The number of nitrogens with zero attached hydrogens (tertiary/aromatic N) is 2. The molecule has 0 fully saturated rings. The molecule has 1 N–H and O–H groups in total. The second kappa shape index (κ2) is 7.72.